The van der Waals surface area contributed by atoms with E-state index in [1.54, 1.807) is 67.0 Å². The standard InChI is InChI=1S/C20H14FNOS.2C19H12FNOS.2Zn/c1-23-18-11-8-14(13-6-9-15(21)10-7-13)12-16(18)20-22-17-4-2-3-5-19(17)24-20;2*20-14-8-5-12(6-9-14)13-7-10-17(22)15(11-13)19-21-16-3-1-2-4-18(16)23-19;;/h2-12H,1H3;2*1-11,22H;;. The van der Waals surface area contributed by atoms with Gasteiger partial charge in [0.2, 0.25) is 0 Å². The number of hydrogen-bond acceptors (Lipinski definition) is 9. The van der Waals surface area contributed by atoms with Gasteiger partial charge in [0.1, 0.15) is 49.7 Å². The molecule has 346 valence electrons. The molecule has 2 N–H and O–H groups in total. The molecule has 0 saturated heterocycles. The first-order valence-electron chi connectivity index (χ1n) is 21.9. The van der Waals surface area contributed by atoms with E-state index in [0.29, 0.717) is 11.1 Å². The number of ether oxygens (including phenoxy) is 1. The first-order chi connectivity index (χ1) is 34.1. The van der Waals surface area contributed by atoms with Crippen molar-refractivity contribution in [3.8, 4) is 82.3 Å². The summed E-state index contributed by atoms with van der Waals surface area (Å²) in [5, 5.41) is 22.9. The second kappa shape index (κ2) is 23.1. The van der Waals surface area contributed by atoms with Gasteiger partial charge in [-0.1, -0.05) is 91.0 Å². The van der Waals surface area contributed by atoms with Crippen LogP contribution in [0.1, 0.15) is 0 Å². The van der Waals surface area contributed by atoms with Gasteiger partial charge in [-0.25, -0.2) is 28.1 Å². The Balaban J connectivity index is 0.000000143. The number of methoxy groups -OCH3 is 1. The second-order valence-corrected chi connectivity index (χ2v) is 19.0. The van der Waals surface area contributed by atoms with Crippen LogP contribution in [0.4, 0.5) is 13.2 Å². The van der Waals surface area contributed by atoms with Crippen LogP contribution in [-0.4, -0.2) is 32.3 Å². The maximum atomic E-state index is 13.2. The fraction of sp³-hybridized carbons (Fsp3) is 0.0172. The van der Waals surface area contributed by atoms with Crippen LogP contribution in [0.5, 0.6) is 17.2 Å². The first kappa shape index (κ1) is 51.4. The molecule has 9 aromatic carbocycles. The molecule has 3 heterocycles. The molecule has 0 aliphatic heterocycles. The van der Waals surface area contributed by atoms with Crippen molar-refractivity contribution < 1.29 is 67.1 Å². The van der Waals surface area contributed by atoms with E-state index in [4.69, 9.17) is 9.72 Å². The SMILES string of the molecule is COc1ccc(-c2ccc(F)cc2)cc1-c1nc2ccccc2s1.Oc1ccc(-c2ccc(F)cc2)cc1-c1nc2ccccc2s1.Oc1ccc(-c2ccc(F)cc2)cc1-c1nc2ccccc2s1.[Zn].[Zn]. The summed E-state index contributed by atoms with van der Waals surface area (Å²) in [5.74, 6) is 0.390. The summed E-state index contributed by atoms with van der Waals surface area (Å²) in [4.78, 5) is 13.9. The van der Waals surface area contributed by atoms with Gasteiger partial charge in [-0.3, -0.25) is 0 Å². The Bertz CT molecular complexity index is 3530. The number of para-hydroxylation sites is 3. The molecule has 0 bridgehead atoms. The number of thiazole rings is 3. The summed E-state index contributed by atoms with van der Waals surface area (Å²) in [6, 6.07) is 59.6. The summed E-state index contributed by atoms with van der Waals surface area (Å²) >= 11 is 4.71. The first-order valence-corrected chi connectivity index (χ1v) is 24.3. The van der Waals surface area contributed by atoms with E-state index in [9.17, 15) is 23.4 Å². The minimum Gasteiger partial charge on any atom is -0.507 e. The fourth-order valence-corrected chi connectivity index (χ4v) is 10.7. The average molecular weight is 1110 g/mol. The second-order valence-electron chi connectivity index (χ2n) is 15.9. The Morgan fingerprint density at radius 3 is 0.986 bits per heavy atom. The summed E-state index contributed by atoms with van der Waals surface area (Å²) < 4.78 is 48.1. The number of benzene rings is 9. The summed E-state index contributed by atoms with van der Waals surface area (Å²) in [6.07, 6.45) is 0. The zero-order valence-corrected chi connectivity index (χ0v) is 46.9. The largest absolute Gasteiger partial charge is 0.507 e. The predicted octanol–water partition coefficient (Wildman–Crippen LogP) is 16.7. The minimum atomic E-state index is -0.265. The van der Waals surface area contributed by atoms with Crippen LogP contribution in [-0.2, 0) is 39.0 Å². The summed E-state index contributed by atoms with van der Waals surface area (Å²) in [6.45, 7) is 0. The monoisotopic (exact) mass is 1110 g/mol. The average Bonchev–Trinajstić information content (AvgIpc) is 4.15. The van der Waals surface area contributed by atoms with Crippen LogP contribution in [0.15, 0.2) is 200 Å². The number of hydrogen-bond donors (Lipinski definition) is 2. The van der Waals surface area contributed by atoms with Crippen molar-refractivity contribution in [1.82, 2.24) is 15.0 Å². The molecule has 0 aliphatic carbocycles. The molecular weight excluding hydrogens is 1070 g/mol. The van der Waals surface area contributed by atoms with Crippen LogP contribution < -0.4 is 4.74 Å². The van der Waals surface area contributed by atoms with Crippen LogP contribution in [0.25, 0.3) is 95.7 Å². The predicted molar refractivity (Wildman–Crippen MR) is 281 cm³/mol. The van der Waals surface area contributed by atoms with Gasteiger partial charge in [-0.2, -0.15) is 0 Å². The van der Waals surface area contributed by atoms with Crippen molar-refractivity contribution in [2.75, 3.05) is 7.11 Å². The minimum absolute atomic E-state index is 0. The molecule has 14 heteroatoms. The van der Waals surface area contributed by atoms with E-state index in [-0.39, 0.29) is 67.9 Å². The molecule has 0 spiro atoms. The van der Waals surface area contributed by atoms with Crippen LogP contribution in [0, 0.1) is 17.5 Å². The van der Waals surface area contributed by atoms with Gasteiger partial charge in [-0.15, -0.1) is 34.0 Å². The van der Waals surface area contributed by atoms with Crippen molar-refractivity contribution in [3.05, 3.63) is 218 Å². The normalized spacial score (nSPS) is 10.7. The van der Waals surface area contributed by atoms with E-state index < -0.39 is 0 Å². The van der Waals surface area contributed by atoms with Crippen LogP contribution in [0.3, 0.4) is 0 Å². The third kappa shape index (κ3) is 11.6. The number of halogens is 3. The van der Waals surface area contributed by atoms with E-state index in [0.717, 1.165) is 90.4 Å². The molecule has 0 unspecified atom stereocenters. The van der Waals surface area contributed by atoms with Gasteiger partial charge < -0.3 is 14.9 Å². The van der Waals surface area contributed by atoms with Gasteiger partial charge >= 0.3 is 0 Å². The number of rotatable bonds is 7. The summed E-state index contributed by atoms with van der Waals surface area (Å²) in [5.41, 5.74) is 10.7. The third-order valence-corrected chi connectivity index (χ3v) is 14.5. The maximum Gasteiger partial charge on any atom is 0.129 e. The number of aromatic hydroxyl groups is 2. The Kier molecular flexibility index (Phi) is 16.5. The van der Waals surface area contributed by atoms with Gasteiger partial charge in [-0.05, 0) is 143 Å². The van der Waals surface area contributed by atoms with Gasteiger partial charge in [0.25, 0.3) is 0 Å². The van der Waals surface area contributed by atoms with Crippen LogP contribution in [0.2, 0.25) is 0 Å². The maximum absolute atomic E-state index is 13.2. The van der Waals surface area contributed by atoms with Gasteiger partial charge in [0, 0.05) is 39.0 Å². The molecule has 0 fully saturated rings. The van der Waals surface area contributed by atoms with Crippen molar-refractivity contribution >= 4 is 64.7 Å². The molecule has 3 aromatic heterocycles. The van der Waals surface area contributed by atoms with Crippen LogP contribution >= 0.6 is 34.0 Å². The number of phenolic OH excluding ortho intramolecular Hbond substituents is 2. The third-order valence-electron chi connectivity index (χ3n) is 11.3. The van der Waals surface area contributed by atoms with Crippen molar-refractivity contribution in [1.29, 1.82) is 0 Å². The topological polar surface area (TPSA) is 88.4 Å². The van der Waals surface area contributed by atoms with E-state index >= 15 is 0 Å². The molecule has 6 nitrogen and oxygen atoms in total. The zero-order valence-electron chi connectivity index (χ0n) is 38.5. The summed E-state index contributed by atoms with van der Waals surface area (Å²) in [7, 11) is 1.66. The molecule has 0 atom stereocenters. The van der Waals surface area contributed by atoms with E-state index in [1.807, 2.05) is 109 Å². The Hall–Kier alpha value is -6.91. The molecule has 0 saturated carbocycles. The van der Waals surface area contributed by atoms with Gasteiger partial charge in [0.05, 0.1) is 54.5 Å². The van der Waals surface area contributed by atoms with E-state index in [1.165, 1.54) is 59.1 Å². The Morgan fingerprint density at radius 2 is 0.653 bits per heavy atom. The molecule has 0 amide bonds. The Morgan fingerprint density at radius 1 is 0.361 bits per heavy atom. The molecule has 0 aliphatic rings. The van der Waals surface area contributed by atoms with Gasteiger partial charge in [0.15, 0.2) is 0 Å². The quantitative estimate of drug-likeness (QED) is 0.155. The van der Waals surface area contributed by atoms with Crippen molar-refractivity contribution in [3.63, 3.8) is 0 Å². The number of nitrogens with zero attached hydrogens (tertiary/aromatic N) is 3. The molecular formula is C58H38F3N3O3S3Zn2. The fourth-order valence-electron chi connectivity index (χ4n) is 7.72. The van der Waals surface area contributed by atoms with Crippen molar-refractivity contribution in [2.24, 2.45) is 0 Å². The molecule has 0 radical (unpaired) electrons. The Labute approximate surface area is 450 Å². The number of aromatic nitrogens is 3. The molecule has 72 heavy (non-hydrogen) atoms. The van der Waals surface area contributed by atoms with E-state index in [2.05, 4.69) is 16.0 Å². The van der Waals surface area contributed by atoms with Crippen molar-refractivity contribution in [2.45, 2.75) is 0 Å². The smallest absolute Gasteiger partial charge is 0.129 e. The number of phenols is 2. The molecule has 12 aromatic rings. The number of fused-ring (bicyclic) bond motifs is 3. The zero-order chi connectivity index (χ0) is 48.1. The molecule has 12 rings (SSSR count).